The number of hydrogen-bond donors (Lipinski definition) is 0. The summed E-state index contributed by atoms with van der Waals surface area (Å²) >= 11 is 12.5. The van der Waals surface area contributed by atoms with Gasteiger partial charge in [0.25, 0.3) is 0 Å². The summed E-state index contributed by atoms with van der Waals surface area (Å²) in [6.45, 7) is 0.348. The van der Waals surface area contributed by atoms with Gasteiger partial charge in [0, 0.05) is 5.02 Å². The quantitative estimate of drug-likeness (QED) is 0.218. The summed E-state index contributed by atoms with van der Waals surface area (Å²) in [5.74, 6) is 0.960. The number of ether oxygens (including phenoxy) is 2. The molecule has 4 aromatic rings. The molecule has 0 aliphatic heterocycles. The molecule has 0 bridgehead atoms. The Morgan fingerprint density at radius 1 is 0.969 bits per heavy atom. The normalized spacial score (nSPS) is 11.2. The molecule has 4 aromatic carbocycles. The minimum Gasteiger partial charge on any atom is -0.493 e. The number of allylic oxidation sites excluding steroid dienone is 1. The van der Waals surface area contributed by atoms with Crippen molar-refractivity contribution >= 4 is 45.6 Å². The van der Waals surface area contributed by atoms with Gasteiger partial charge in [0.15, 0.2) is 11.5 Å². The maximum Gasteiger partial charge on any atom is 0.180 e. The second-order valence-corrected chi connectivity index (χ2v) is 7.98. The molecule has 5 heteroatoms. The van der Waals surface area contributed by atoms with Crippen LogP contribution in [0, 0.1) is 11.3 Å². The molecular weight excluding hydrogens is 441 g/mol. The van der Waals surface area contributed by atoms with Gasteiger partial charge in [-0.1, -0.05) is 77.8 Å². The number of benzene rings is 4. The predicted octanol–water partition coefficient (Wildman–Crippen LogP) is 7.80. The van der Waals surface area contributed by atoms with Crippen LogP contribution in [0.5, 0.6) is 11.5 Å². The third-order valence-electron chi connectivity index (χ3n) is 5.09. The van der Waals surface area contributed by atoms with Crippen LogP contribution in [-0.4, -0.2) is 7.11 Å². The van der Waals surface area contributed by atoms with Gasteiger partial charge in [0.2, 0.25) is 0 Å². The Kier molecular flexibility index (Phi) is 6.66. The molecule has 0 amide bonds. The standard InChI is InChI=1S/C27H19Cl2NO2/c1-31-26-15-18(13-22(16-30)19-9-11-23(28)12-10-19)14-25(29)27(26)32-17-21-7-4-6-20-5-2-3-8-24(20)21/h2-15H,17H2,1H3/b22-13+. The van der Waals surface area contributed by atoms with Crippen molar-refractivity contribution in [2.45, 2.75) is 6.61 Å². The number of nitriles is 1. The predicted molar refractivity (Wildman–Crippen MR) is 131 cm³/mol. The van der Waals surface area contributed by atoms with Gasteiger partial charge in [-0.15, -0.1) is 0 Å². The fourth-order valence-corrected chi connectivity index (χ4v) is 3.91. The third-order valence-corrected chi connectivity index (χ3v) is 5.62. The Balaban J connectivity index is 1.63. The van der Waals surface area contributed by atoms with Gasteiger partial charge in [0.1, 0.15) is 6.61 Å². The van der Waals surface area contributed by atoms with E-state index in [4.69, 9.17) is 32.7 Å². The minimum absolute atomic E-state index is 0.348. The Labute approximate surface area is 197 Å². The Bertz CT molecular complexity index is 1330. The van der Waals surface area contributed by atoms with E-state index < -0.39 is 0 Å². The van der Waals surface area contributed by atoms with Crippen LogP contribution in [0.25, 0.3) is 22.4 Å². The summed E-state index contributed by atoms with van der Waals surface area (Å²) in [4.78, 5) is 0. The van der Waals surface area contributed by atoms with Gasteiger partial charge < -0.3 is 9.47 Å². The highest BCUT2D eigenvalue weighted by molar-refractivity contribution is 6.32. The van der Waals surface area contributed by atoms with Crippen LogP contribution in [0.1, 0.15) is 16.7 Å². The van der Waals surface area contributed by atoms with Crippen LogP contribution in [-0.2, 0) is 6.61 Å². The van der Waals surface area contributed by atoms with Crippen molar-refractivity contribution < 1.29 is 9.47 Å². The molecular formula is C27H19Cl2NO2. The van der Waals surface area contributed by atoms with E-state index >= 15 is 0 Å². The van der Waals surface area contributed by atoms with Crippen molar-refractivity contribution in [2.24, 2.45) is 0 Å². The van der Waals surface area contributed by atoms with Crippen LogP contribution in [0.2, 0.25) is 10.0 Å². The number of hydrogen-bond acceptors (Lipinski definition) is 3. The smallest absolute Gasteiger partial charge is 0.180 e. The summed E-state index contributed by atoms with van der Waals surface area (Å²) in [7, 11) is 1.56. The van der Waals surface area contributed by atoms with Crippen molar-refractivity contribution in [2.75, 3.05) is 7.11 Å². The summed E-state index contributed by atoms with van der Waals surface area (Å²) in [5, 5.41) is 12.9. The van der Waals surface area contributed by atoms with Crippen molar-refractivity contribution in [1.82, 2.24) is 0 Å². The molecule has 4 rings (SSSR count). The van der Waals surface area contributed by atoms with Crippen molar-refractivity contribution in [3.8, 4) is 17.6 Å². The number of fused-ring (bicyclic) bond motifs is 1. The third kappa shape index (κ3) is 4.73. The van der Waals surface area contributed by atoms with Crippen LogP contribution >= 0.6 is 23.2 Å². The lowest BCUT2D eigenvalue weighted by Crippen LogP contribution is -1.99. The summed E-state index contributed by atoms with van der Waals surface area (Å²) in [6, 6.07) is 27.2. The zero-order chi connectivity index (χ0) is 22.5. The second-order valence-electron chi connectivity index (χ2n) is 7.14. The molecule has 0 aromatic heterocycles. The maximum absolute atomic E-state index is 9.62. The van der Waals surface area contributed by atoms with E-state index in [-0.39, 0.29) is 0 Å². The fourth-order valence-electron chi connectivity index (χ4n) is 3.51. The molecule has 0 heterocycles. The molecule has 0 unspecified atom stereocenters. The molecule has 158 valence electrons. The van der Waals surface area contributed by atoms with E-state index in [2.05, 4.69) is 24.3 Å². The van der Waals surface area contributed by atoms with Gasteiger partial charge in [-0.3, -0.25) is 0 Å². The van der Waals surface area contributed by atoms with E-state index in [9.17, 15) is 5.26 Å². The summed E-state index contributed by atoms with van der Waals surface area (Å²) in [5.41, 5.74) is 3.04. The highest BCUT2D eigenvalue weighted by atomic mass is 35.5. The minimum atomic E-state index is 0.348. The van der Waals surface area contributed by atoms with Crippen LogP contribution < -0.4 is 9.47 Å². The first kappa shape index (κ1) is 21.8. The molecule has 0 N–H and O–H groups in total. The van der Waals surface area contributed by atoms with Crippen LogP contribution in [0.15, 0.2) is 78.9 Å². The average Bonchev–Trinajstić information content (AvgIpc) is 2.82. The first-order valence-corrected chi connectivity index (χ1v) is 10.7. The maximum atomic E-state index is 9.62. The molecule has 0 saturated heterocycles. The van der Waals surface area contributed by atoms with Crippen molar-refractivity contribution in [1.29, 1.82) is 5.26 Å². The monoisotopic (exact) mass is 459 g/mol. The number of rotatable bonds is 6. The molecule has 3 nitrogen and oxygen atoms in total. The Morgan fingerprint density at radius 2 is 1.72 bits per heavy atom. The first-order valence-electron chi connectivity index (χ1n) is 9.94. The van der Waals surface area contributed by atoms with E-state index in [0.717, 1.165) is 27.5 Å². The Morgan fingerprint density at radius 3 is 2.47 bits per heavy atom. The van der Waals surface area contributed by atoms with E-state index in [1.54, 1.807) is 49.6 Å². The molecule has 0 aliphatic carbocycles. The molecule has 0 spiro atoms. The summed E-state index contributed by atoms with van der Waals surface area (Å²) < 4.78 is 11.6. The molecule has 0 atom stereocenters. The zero-order valence-electron chi connectivity index (χ0n) is 17.3. The lowest BCUT2D eigenvalue weighted by Gasteiger charge is -2.14. The fraction of sp³-hybridized carbons (Fsp3) is 0.0741. The van der Waals surface area contributed by atoms with Crippen molar-refractivity contribution in [3.63, 3.8) is 0 Å². The van der Waals surface area contributed by atoms with Gasteiger partial charge in [-0.05, 0) is 57.8 Å². The summed E-state index contributed by atoms with van der Waals surface area (Å²) in [6.07, 6.45) is 1.76. The molecule has 0 saturated carbocycles. The largest absolute Gasteiger partial charge is 0.493 e. The molecule has 0 radical (unpaired) electrons. The second kappa shape index (κ2) is 9.78. The SMILES string of the molecule is COc1cc(/C=C(\C#N)c2ccc(Cl)cc2)cc(Cl)c1OCc1cccc2ccccc12. The Hall–Kier alpha value is -3.45. The lowest BCUT2D eigenvalue weighted by molar-refractivity contribution is 0.286. The van der Waals surface area contributed by atoms with Crippen LogP contribution in [0.3, 0.4) is 0 Å². The highest BCUT2D eigenvalue weighted by Crippen LogP contribution is 2.38. The number of halogens is 2. The number of methoxy groups -OCH3 is 1. The van der Waals surface area contributed by atoms with E-state index in [1.807, 2.05) is 24.3 Å². The first-order chi connectivity index (χ1) is 15.6. The molecule has 32 heavy (non-hydrogen) atoms. The van der Waals surface area contributed by atoms with E-state index in [1.165, 1.54) is 0 Å². The van der Waals surface area contributed by atoms with Gasteiger partial charge in [-0.2, -0.15) is 5.26 Å². The molecule has 0 aliphatic rings. The lowest BCUT2D eigenvalue weighted by atomic mass is 10.0. The average molecular weight is 460 g/mol. The van der Waals surface area contributed by atoms with Gasteiger partial charge in [-0.25, -0.2) is 0 Å². The van der Waals surface area contributed by atoms with Crippen LogP contribution in [0.4, 0.5) is 0 Å². The van der Waals surface area contributed by atoms with Gasteiger partial charge >= 0.3 is 0 Å². The highest BCUT2D eigenvalue weighted by Gasteiger charge is 2.13. The van der Waals surface area contributed by atoms with E-state index in [0.29, 0.717) is 33.7 Å². The van der Waals surface area contributed by atoms with Gasteiger partial charge in [0.05, 0.1) is 23.8 Å². The zero-order valence-corrected chi connectivity index (χ0v) is 18.8. The van der Waals surface area contributed by atoms with Crippen molar-refractivity contribution in [3.05, 3.63) is 106 Å². The number of nitrogens with zero attached hydrogens (tertiary/aromatic N) is 1. The topological polar surface area (TPSA) is 42.2 Å². The molecule has 0 fully saturated rings.